The Labute approximate surface area is 139 Å². The van der Waals surface area contributed by atoms with E-state index in [1.54, 1.807) is 30.3 Å². The fourth-order valence-corrected chi connectivity index (χ4v) is 2.46. The van der Waals surface area contributed by atoms with Crippen molar-refractivity contribution in [1.29, 1.82) is 0 Å². The number of carbonyl (C=O) groups is 1. The maximum Gasteiger partial charge on any atom is 0.271 e. The smallest absolute Gasteiger partial charge is 0.267 e. The van der Waals surface area contributed by atoms with Crippen LogP contribution in [0.4, 0.5) is 0 Å². The van der Waals surface area contributed by atoms with E-state index in [0.29, 0.717) is 27.7 Å². The first kappa shape index (κ1) is 16.5. The Hall–Kier alpha value is -1.84. The number of halogens is 2. The lowest BCUT2D eigenvalue weighted by Gasteiger charge is -2.08. The van der Waals surface area contributed by atoms with Gasteiger partial charge in [-0.2, -0.15) is 5.10 Å². The molecule has 0 radical (unpaired) electrons. The van der Waals surface area contributed by atoms with Crippen LogP contribution in [0.15, 0.2) is 47.6 Å². The van der Waals surface area contributed by atoms with Gasteiger partial charge in [-0.05, 0) is 37.6 Å². The Morgan fingerprint density at radius 3 is 2.41 bits per heavy atom. The van der Waals surface area contributed by atoms with Crippen molar-refractivity contribution >= 4 is 34.8 Å². The average molecular weight is 335 g/mol. The number of hydrogen-bond donors (Lipinski definition) is 1. The second-order valence-electron chi connectivity index (χ2n) is 4.84. The molecule has 0 spiro atoms. The normalized spacial score (nSPS) is 11.4. The van der Waals surface area contributed by atoms with Gasteiger partial charge < -0.3 is 0 Å². The van der Waals surface area contributed by atoms with E-state index in [0.717, 1.165) is 11.1 Å². The summed E-state index contributed by atoms with van der Waals surface area (Å²) in [6.07, 6.45) is 0.634. The molecule has 0 aromatic heterocycles. The second kappa shape index (κ2) is 7.43. The minimum atomic E-state index is -0.254. The highest BCUT2D eigenvalue weighted by molar-refractivity contribution is 6.37. The number of hydrazone groups is 1. The summed E-state index contributed by atoms with van der Waals surface area (Å²) in [4.78, 5) is 12.1. The van der Waals surface area contributed by atoms with Crippen molar-refractivity contribution in [2.24, 2.45) is 5.10 Å². The first-order chi connectivity index (χ1) is 10.5. The number of nitrogens with zero attached hydrogens (tertiary/aromatic N) is 1. The van der Waals surface area contributed by atoms with Crippen molar-refractivity contribution in [1.82, 2.24) is 5.43 Å². The molecule has 2 aromatic rings. The summed E-state index contributed by atoms with van der Waals surface area (Å²) in [5.74, 6) is -0.254. The first-order valence-electron chi connectivity index (χ1n) is 6.90. The molecule has 0 saturated heterocycles. The Balaban J connectivity index is 2.18. The number of rotatable bonds is 4. The van der Waals surface area contributed by atoms with E-state index in [-0.39, 0.29) is 5.91 Å². The van der Waals surface area contributed by atoms with Gasteiger partial charge in [0.1, 0.15) is 0 Å². The highest BCUT2D eigenvalue weighted by Crippen LogP contribution is 2.22. The van der Waals surface area contributed by atoms with E-state index < -0.39 is 0 Å². The maximum absolute atomic E-state index is 12.1. The number of amides is 1. The molecule has 2 aromatic carbocycles. The van der Waals surface area contributed by atoms with Crippen LogP contribution in [-0.4, -0.2) is 11.6 Å². The predicted molar refractivity (Wildman–Crippen MR) is 91.9 cm³/mol. The third kappa shape index (κ3) is 4.09. The molecule has 1 amide bonds. The lowest BCUT2D eigenvalue weighted by Crippen LogP contribution is -2.20. The van der Waals surface area contributed by atoms with Gasteiger partial charge in [-0.3, -0.25) is 4.79 Å². The molecule has 22 heavy (non-hydrogen) atoms. The van der Waals surface area contributed by atoms with Crippen LogP contribution in [0.5, 0.6) is 0 Å². The number of nitrogens with one attached hydrogen (secondary N) is 1. The monoisotopic (exact) mass is 334 g/mol. The summed E-state index contributed by atoms with van der Waals surface area (Å²) >= 11 is 12.1. The third-order valence-corrected chi connectivity index (χ3v) is 3.73. The van der Waals surface area contributed by atoms with Crippen LogP contribution >= 0.6 is 23.2 Å². The van der Waals surface area contributed by atoms with Crippen LogP contribution in [0.3, 0.4) is 0 Å². The minimum absolute atomic E-state index is 0.254. The van der Waals surface area contributed by atoms with Crippen LogP contribution in [0.25, 0.3) is 0 Å². The molecule has 0 atom stereocenters. The Kier molecular flexibility index (Phi) is 5.58. The molecule has 5 heteroatoms. The molecule has 3 nitrogen and oxygen atoms in total. The Bertz CT molecular complexity index is 709. The molecule has 0 heterocycles. The van der Waals surface area contributed by atoms with Gasteiger partial charge in [0.05, 0.1) is 10.7 Å². The molecule has 2 rings (SSSR count). The van der Waals surface area contributed by atoms with Gasteiger partial charge in [-0.15, -0.1) is 0 Å². The zero-order chi connectivity index (χ0) is 16.1. The van der Waals surface area contributed by atoms with Gasteiger partial charge in [0.2, 0.25) is 0 Å². The summed E-state index contributed by atoms with van der Waals surface area (Å²) in [6.45, 7) is 3.92. The van der Waals surface area contributed by atoms with E-state index in [1.165, 1.54) is 0 Å². The molecule has 0 fully saturated rings. The van der Waals surface area contributed by atoms with Crippen molar-refractivity contribution < 1.29 is 4.79 Å². The lowest BCUT2D eigenvalue weighted by atomic mass is 10.1. The summed E-state index contributed by atoms with van der Waals surface area (Å²) in [6, 6.07) is 12.5. The van der Waals surface area contributed by atoms with Crippen LogP contribution in [0.1, 0.15) is 34.8 Å². The number of carbonyl (C=O) groups excluding carboxylic acids is 1. The molecule has 0 aliphatic carbocycles. The molecule has 0 bridgehead atoms. The molecule has 0 aliphatic heterocycles. The number of aryl methyl sites for hydroxylation is 1. The largest absolute Gasteiger partial charge is 0.271 e. The average Bonchev–Trinajstić information content (AvgIpc) is 2.50. The summed E-state index contributed by atoms with van der Waals surface area (Å²) in [5.41, 5.74) is 5.69. The second-order valence-corrected chi connectivity index (χ2v) is 5.69. The maximum atomic E-state index is 12.1. The summed E-state index contributed by atoms with van der Waals surface area (Å²) in [5, 5.41) is 5.27. The minimum Gasteiger partial charge on any atom is -0.267 e. The van der Waals surface area contributed by atoms with Gasteiger partial charge in [0.25, 0.3) is 5.91 Å². The third-order valence-electron chi connectivity index (χ3n) is 3.18. The fourth-order valence-electron chi connectivity index (χ4n) is 1.94. The molecule has 114 valence electrons. The van der Waals surface area contributed by atoms with Crippen molar-refractivity contribution in [3.05, 3.63) is 69.2 Å². The van der Waals surface area contributed by atoms with Crippen LogP contribution < -0.4 is 5.43 Å². The van der Waals surface area contributed by atoms with Crippen molar-refractivity contribution in [3.8, 4) is 0 Å². The highest BCUT2D eigenvalue weighted by Gasteiger charge is 2.09. The van der Waals surface area contributed by atoms with Crippen molar-refractivity contribution in [3.63, 3.8) is 0 Å². The fraction of sp³-hybridized carbons (Fsp3) is 0.176. The summed E-state index contributed by atoms with van der Waals surface area (Å²) in [7, 11) is 0. The van der Waals surface area contributed by atoms with Gasteiger partial charge in [0.15, 0.2) is 0 Å². The molecular formula is C17H16Cl2N2O. The summed E-state index contributed by atoms with van der Waals surface area (Å²) < 4.78 is 0. The van der Waals surface area contributed by atoms with Gasteiger partial charge in [-0.25, -0.2) is 5.43 Å². The molecule has 0 unspecified atom stereocenters. The SMILES string of the molecule is CCC(=NNC(=O)c1ccc(C)cc1)c1ccc(Cl)cc1Cl. The lowest BCUT2D eigenvalue weighted by molar-refractivity contribution is 0.0955. The zero-order valence-corrected chi connectivity index (χ0v) is 13.9. The standard InChI is InChI=1S/C17H16Cl2N2O/c1-3-16(14-9-8-13(18)10-15(14)19)20-21-17(22)12-6-4-11(2)5-7-12/h4-10H,3H2,1-2H3,(H,21,22). The Morgan fingerprint density at radius 2 is 1.82 bits per heavy atom. The van der Waals surface area contributed by atoms with E-state index in [9.17, 15) is 4.79 Å². The van der Waals surface area contributed by atoms with E-state index in [2.05, 4.69) is 10.5 Å². The van der Waals surface area contributed by atoms with Gasteiger partial charge in [-0.1, -0.05) is 53.9 Å². The van der Waals surface area contributed by atoms with Crippen molar-refractivity contribution in [2.75, 3.05) is 0 Å². The molecular weight excluding hydrogens is 319 g/mol. The highest BCUT2D eigenvalue weighted by atomic mass is 35.5. The molecule has 1 N–H and O–H groups in total. The van der Waals surface area contributed by atoms with Crippen LogP contribution in [-0.2, 0) is 0 Å². The molecule has 0 aliphatic rings. The number of hydrogen-bond acceptors (Lipinski definition) is 2. The van der Waals surface area contributed by atoms with Crippen LogP contribution in [0.2, 0.25) is 10.0 Å². The quantitative estimate of drug-likeness (QED) is 0.630. The van der Waals surface area contributed by atoms with E-state index in [1.807, 2.05) is 26.0 Å². The topological polar surface area (TPSA) is 41.5 Å². The predicted octanol–water partition coefficient (Wildman–Crippen LogP) is 4.85. The van der Waals surface area contributed by atoms with E-state index >= 15 is 0 Å². The zero-order valence-electron chi connectivity index (χ0n) is 12.4. The van der Waals surface area contributed by atoms with Gasteiger partial charge >= 0.3 is 0 Å². The first-order valence-corrected chi connectivity index (χ1v) is 7.66. The number of benzene rings is 2. The van der Waals surface area contributed by atoms with Crippen molar-refractivity contribution in [2.45, 2.75) is 20.3 Å². The Morgan fingerprint density at radius 1 is 1.14 bits per heavy atom. The van der Waals surface area contributed by atoms with E-state index in [4.69, 9.17) is 23.2 Å². The van der Waals surface area contributed by atoms with Gasteiger partial charge in [0, 0.05) is 16.1 Å². The molecule has 0 saturated carbocycles. The van der Waals surface area contributed by atoms with Crippen LogP contribution in [0, 0.1) is 6.92 Å².